The minimum atomic E-state index is 0.157. The minimum absolute atomic E-state index is 0.157. The summed E-state index contributed by atoms with van der Waals surface area (Å²) in [6.07, 6.45) is 2.04. The van der Waals surface area contributed by atoms with Crippen molar-refractivity contribution in [2.75, 3.05) is 16.8 Å². The molecule has 0 saturated heterocycles. The van der Waals surface area contributed by atoms with E-state index in [9.17, 15) is 4.79 Å². The van der Waals surface area contributed by atoms with Gasteiger partial charge in [-0.3, -0.25) is 4.79 Å². The van der Waals surface area contributed by atoms with Gasteiger partial charge in [-0.15, -0.1) is 11.3 Å². The predicted octanol–water partition coefficient (Wildman–Crippen LogP) is 5.01. The molecule has 0 aliphatic carbocycles. The number of likely N-dealkylation sites (N-methyl/N-ethyl adjacent to an activating group) is 1. The molecule has 0 atom stereocenters. The van der Waals surface area contributed by atoms with Crippen LogP contribution in [0.4, 0.5) is 17.2 Å². The zero-order valence-electron chi connectivity index (χ0n) is 15.3. The third kappa shape index (κ3) is 2.82. The molecule has 5 rings (SSSR count). The van der Waals surface area contributed by atoms with Crippen molar-refractivity contribution < 1.29 is 4.79 Å². The third-order valence-electron chi connectivity index (χ3n) is 4.96. The van der Waals surface area contributed by atoms with Crippen LogP contribution in [0.2, 0.25) is 0 Å². The van der Waals surface area contributed by atoms with E-state index in [-0.39, 0.29) is 5.91 Å². The molecule has 0 unspecified atom stereocenters. The average molecular weight is 386 g/mol. The average Bonchev–Trinajstić information content (AvgIpc) is 3.29. The van der Waals surface area contributed by atoms with Crippen LogP contribution in [-0.2, 0) is 11.2 Å². The monoisotopic (exact) mass is 386 g/mol. The largest absolute Gasteiger partial charge is 0.339 e. The normalized spacial score (nSPS) is 13.2. The van der Waals surface area contributed by atoms with Gasteiger partial charge in [0, 0.05) is 22.8 Å². The van der Waals surface area contributed by atoms with Gasteiger partial charge in [0.25, 0.3) is 0 Å². The Morgan fingerprint density at radius 3 is 2.79 bits per heavy atom. The number of carbonyl (C=O) groups is 1. The van der Waals surface area contributed by atoms with Gasteiger partial charge in [-0.05, 0) is 42.3 Å². The number of aromatic nitrogens is 2. The van der Waals surface area contributed by atoms with Crippen molar-refractivity contribution in [2.45, 2.75) is 13.3 Å². The zero-order chi connectivity index (χ0) is 19.1. The summed E-state index contributed by atoms with van der Waals surface area (Å²) in [5, 5.41) is 3.42. The van der Waals surface area contributed by atoms with Gasteiger partial charge in [-0.2, -0.15) is 0 Å². The van der Waals surface area contributed by atoms with Crippen LogP contribution in [0.5, 0.6) is 0 Å². The number of fused-ring (bicyclic) bond motifs is 2. The van der Waals surface area contributed by atoms with Gasteiger partial charge >= 0.3 is 0 Å². The number of thiophene rings is 1. The van der Waals surface area contributed by atoms with Crippen molar-refractivity contribution in [2.24, 2.45) is 0 Å². The van der Waals surface area contributed by atoms with E-state index in [2.05, 4.69) is 33.5 Å². The third-order valence-corrected chi connectivity index (χ3v) is 6.14. The standard InChI is InChI=1S/C22H18N4OS/c1-2-26-18-9-8-16(10-15(18)11-20(26)27)25-22-21-17(23-13-24-22)12-19(28-21)14-6-4-3-5-7-14/h3-10,12-13H,2,11H2,1H3,(H,23,24,25). The van der Waals surface area contributed by atoms with Gasteiger partial charge in [-0.1, -0.05) is 30.3 Å². The molecular formula is C22H18N4OS. The van der Waals surface area contributed by atoms with Crippen LogP contribution in [0.15, 0.2) is 60.9 Å². The van der Waals surface area contributed by atoms with Crippen molar-refractivity contribution in [1.82, 2.24) is 9.97 Å². The summed E-state index contributed by atoms with van der Waals surface area (Å²) in [4.78, 5) is 24.0. The number of carbonyl (C=O) groups excluding carboxylic acids is 1. The molecule has 0 spiro atoms. The van der Waals surface area contributed by atoms with E-state index in [4.69, 9.17) is 0 Å². The molecule has 5 nitrogen and oxygen atoms in total. The Kier molecular flexibility index (Phi) is 4.06. The Labute approximate surface area is 166 Å². The van der Waals surface area contributed by atoms with Crippen LogP contribution >= 0.6 is 11.3 Å². The topological polar surface area (TPSA) is 58.1 Å². The molecule has 0 bridgehead atoms. The minimum Gasteiger partial charge on any atom is -0.339 e. The summed E-state index contributed by atoms with van der Waals surface area (Å²) in [6, 6.07) is 18.4. The number of amides is 1. The first-order chi connectivity index (χ1) is 13.7. The zero-order valence-corrected chi connectivity index (χ0v) is 16.2. The number of rotatable bonds is 4. The van der Waals surface area contributed by atoms with Gasteiger partial charge < -0.3 is 10.2 Å². The number of hydrogen-bond acceptors (Lipinski definition) is 5. The number of hydrogen-bond donors (Lipinski definition) is 1. The molecule has 0 saturated carbocycles. The molecule has 1 aliphatic rings. The van der Waals surface area contributed by atoms with Crippen LogP contribution < -0.4 is 10.2 Å². The summed E-state index contributed by atoms with van der Waals surface area (Å²) in [5.41, 5.74) is 5.09. The van der Waals surface area contributed by atoms with E-state index < -0.39 is 0 Å². The van der Waals surface area contributed by atoms with E-state index in [1.807, 2.05) is 48.2 Å². The molecule has 28 heavy (non-hydrogen) atoms. The van der Waals surface area contributed by atoms with Gasteiger partial charge in [0.05, 0.1) is 16.6 Å². The van der Waals surface area contributed by atoms with E-state index in [1.165, 1.54) is 5.56 Å². The molecule has 0 radical (unpaired) electrons. The summed E-state index contributed by atoms with van der Waals surface area (Å²) >= 11 is 1.68. The fourth-order valence-electron chi connectivity index (χ4n) is 3.63. The SMILES string of the molecule is CCN1C(=O)Cc2cc(Nc3ncnc4cc(-c5ccccc5)sc34)ccc21. The van der Waals surface area contributed by atoms with E-state index in [1.54, 1.807) is 17.7 Å². The van der Waals surface area contributed by atoms with Crippen molar-refractivity contribution >= 4 is 44.7 Å². The van der Waals surface area contributed by atoms with Gasteiger partial charge in [0.15, 0.2) is 5.82 Å². The Bertz CT molecular complexity index is 1190. The van der Waals surface area contributed by atoms with Gasteiger partial charge in [0.1, 0.15) is 6.33 Å². The molecule has 1 N–H and O–H groups in total. The van der Waals surface area contributed by atoms with Crippen molar-refractivity contribution in [3.8, 4) is 10.4 Å². The first-order valence-corrected chi connectivity index (χ1v) is 10.0. The molecule has 4 aromatic rings. The summed E-state index contributed by atoms with van der Waals surface area (Å²) < 4.78 is 1.02. The highest BCUT2D eigenvalue weighted by Crippen LogP contribution is 2.37. The Morgan fingerprint density at radius 2 is 1.96 bits per heavy atom. The summed E-state index contributed by atoms with van der Waals surface area (Å²) in [6.45, 7) is 2.69. The molecule has 6 heteroatoms. The summed E-state index contributed by atoms with van der Waals surface area (Å²) in [5.74, 6) is 0.943. The molecule has 1 amide bonds. The summed E-state index contributed by atoms with van der Waals surface area (Å²) in [7, 11) is 0. The van der Waals surface area contributed by atoms with Crippen LogP contribution in [0.25, 0.3) is 20.7 Å². The van der Waals surface area contributed by atoms with E-state index in [0.717, 1.165) is 37.8 Å². The van der Waals surface area contributed by atoms with Crippen molar-refractivity contribution in [1.29, 1.82) is 0 Å². The highest BCUT2D eigenvalue weighted by Gasteiger charge is 2.26. The fraction of sp³-hybridized carbons (Fsp3) is 0.136. The van der Waals surface area contributed by atoms with Crippen LogP contribution in [0.3, 0.4) is 0 Å². The molecule has 3 heterocycles. The molecular weight excluding hydrogens is 368 g/mol. The van der Waals surface area contributed by atoms with E-state index >= 15 is 0 Å². The van der Waals surface area contributed by atoms with Gasteiger partial charge in [-0.25, -0.2) is 9.97 Å². The maximum Gasteiger partial charge on any atom is 0.231 e. The van der Waals surface area contributed by atoms with Gasteiger partial charge in [0.2, 0.25) is 5.91 Å². The maximum absolute atomic E-state index is 12.1. The lowest BCUT2D eigenvalue weighted by molar-refractivity contribution is -0.117. The Hall–Kier alpha value is -3.25. The molecule has 2 aromatic heterocycles. The van der Waals surface area contributed by atoms with Crippen molar-refractivity contribution in [3.05, 3.63) is 66.5 Å². The lowest BCUT2D eigenvalue weighted by Crippen LogP contribution is -2.25. The number of nitrogens with one attached hydrogen (secondary N) is 1. The number of anilines is 3. The first-order valence-electron chi connectivity index (χ1n) is 9.23. The Balaban J connectivity index is 1.50. The molecule has 2 aromatic carbocycles. The fourth-order valence-corrected chi connectivity index (χ4v) is 4.69. The molecule has 1 aliphatic heterocycles. The van der Waals surface area contributed by atoms with Crippen LogP contribution in [0, 0.1) is 0 Å². The highest BCUT2D eigenvalue weighted by molar-refractivity contribution is 7.22. The molecule has 138 valence electrons. The number of nitrogens with zero attached hydrogens (tertiary/aromatic N) is 3. The second-order valence-corrected chi connectivity index (χ2v) is 7.75. The van der Waals surface area contributed by atoms with Crippen LogP contribution in [-0.4, -0.2) is 22.4 Å². The second-order valence-electron chi connectivity index (χ2n) is 6.70. The predicted molar refractivity (Wildman–Crippen MR) is 114 cm³/mol. The maximum atomic E-state index is 12.1. The van der Waals surface area contributed by atoms with E-state index in [0.29, 0.717) is 13.0 Å². The second kappa shape index (κ2) is 6.73. The number of benzene rings is 2. The quantitative estimate of drug-likeness (QED) is 0.536. The van der Waals surface area contributed by atoms with Crippen LogP contribution in [0.1, 0.15) is 12.5 Å². The first kappa shape index (κ1) is 16.9. The smallest absolute Gasteiger partial charge is 0.231 e. The molecule has 0 fully saturated rings. The highest BCUT2D eigenvalue weighted by atomic mass is 32.1. The Morgan fingerprint density at radius 1 is 1.11 bits per heavy atom. The van der Waals surface area contributed by atoms with Crippen molar-refractivity contribution in [3.63, 3.8) is 0 Å². The lowest BCUT2D eigenvalue weighted by Gasteiger charge is -2.15. The lowest BCUT2D eigenvalue weighted by atomic mass is 10.1.